The molecule has 3 N–H and O–H groups in total. The number of pyridine rings is 2. The van der Waals surface area contributed by atoms with Crippen LogP contribution in [0.1, 0.15) is 16.1 Å². The number of nitrogens with zero attached hydrogens (tertiary/aromatic N) is 2. The van der Waals surface area contributed by atoms with Gasteiger partial charge in [0.15, 0.2) is 0 Å². The maximum absolute atomic E-state index is 12.6. The van der Waals surface area contributed by atoms with Crippen molar-refractivity contribution >= 4 is 34.3 Å². The van der Waals surface area contributed by atoms with Crippen molar-refractivity contribution in [3.05, 3.63) is 103 Å². The summed E-state index contributed by atoms with van der Waals surface area (Å²) in [6.07, 6.45) is 5.21. The Hall–Kier alpha value is -4.19. The van der Waals surface area contributed by atoms with Gasteiger partial charge >= 0.3 is 0 Å². The van der Waals surface area contributed by atoms with Crippen LogP contribution in [0.5, 0.6) is 0 Å². The van der Waals surface area contributed by atoms with E-state index in [1.54, 1.807) is 30.7 Å². The number of benzene rings is 2. The number of hydrogen-bond acceptors (Lipinski definition) is 5. The first kappa shape index (κ1) is 19.1. The average molecular weight is 395 g/mol. The zero-order valence-corrected chi connectivity index (χ0v) is 16.5. The third-order valence-electron chi connectivity index (χ3n) is 4.42. The highest BCUT2D eigenvalue weighted by atomic mass is 16.1. The van der Waals surface area contributed by atoms with Crippen molar-refractivity contribution in [3.63, 3.8) is 0 Å². The highest BCUT2D eigenvalue weighted by molar-refractivity contribution is 6.04. The predicted molar refractivity (Wildman–Crippen MR) is 121 cm³/mol. The lowest BCUT2D eigenvalue weighted by Gasteiger charge is -2.11. The number of carbonyl (C=O) groups is 1. The third kappa shape index (κ3) is 4.99. The van der Waals surface area contributed by atoms with E-state index in [1.807, 2.05) is 67.6 Å². The summed E-state index contributed by atoms with van der Waals surface area (Å²) in [7, 11) is 0. The molecule has 2 aromatic carbocycles. The molecule has 0 aliphatic heterocycles. The molecule has 1 amide bonds. The van der Waals surface area contributed by atoms with E-state index >= 15 is 0 Å². The number of carbonyl (C=O) groups excluding carboxylic acids is 1. The molecule has 6 heteroatoms. The number of aromatic nitrogens is 2. The third-order valence-corrected chi connectivity index (χ3v) is 4.42. The van der Waals surface area contributed by atoms with Crippen molar-refractivity contribution in [1.82, 2.24) is 9.97 Å². The topological polar surface area (TPSA) is 78.9 Å². The van der Waals surface area contributed by atoms with Gasteiger partial charge < -0.3 is 16.0 Å². The van der Waals surface area contributed by atoms with Gasteiger partial charge in [-0.25, -0.2) is 0 Å². The van der Waals surface area contributed by atoms with Crippen LogP contribution in [0.2, 0.25) is 0 Å². The van der Waals surface area contributed by atoms with E-state index in [0.29, 0.717) is 5.56 Å². The van der Waals surface area contributed by atoms with Gasteiger partial charge in [-0.3, -0.25) is 14.8 Å². The Bertz CT molecular complexity index is 1140. The smallest absolute Gasteiger partial charge is 0.255 e. The van der Waals surface area contributed by atoms with Crippen LogP contribution >= 0.6 is 0 Å². The number of anilines is 5. The molecule has 0 saturated heterocycles. The summed E-state index contributed by atoms with van der Waals surface area (Å²) in [6.45, 7) is 1.94. The van der Waals surface area contributed by atoms with Crippen LogP contribution in [0.3, 0.4) is 0 Å². The van der Waals surface area contributed by atoms with E-state index in [9.17, 15) is 4.79 Å². The molecule has 0 unspecified atom stereocenters. The quantitative estimate of drug-likeness (QED) is 0.400. The van der Waals surface area contributed by atoms with Gasteiger partial charge in [-0.2, -0.15) is 0 Å². The molecule has 0 spiro atoms. The van der Waals surface area contributed by atoms with E-state index in [1.165, 1.54) is 0 Å². The summed E-state index contributed by atoms with van der Waals surface area (Å²) < 4.78 is 0. The fraction of sp³-hybridized carbons (Fsp3) is 0.0417. The number of nitrogens with one attached hydrogen (secondary N) is 3. The van der Waals surface area contributed by atoms with Gasteiger partial charge in [-0.05, 0) is 73.7 Å². The van der Waals surface area contributed by atoms with Gasteiger partial charge in [-0.15, -0.1) is 0 Å². The van der Waals surface area contributed by atoms with E-state index in [-0.39, 0.29) is 5.91 Å². The number of rotatable bonds is 6. The maximum Gasteiger partial charge on any atom is 0.255 e. The molecule has 4 rings (SSSR count). The van der Waals surface area contributed by atoms with Crippen LogP contribution in [0.4, 0.5) is 28.4 Å². The number of amides is 1. The molecule has 148 valence electrons. The first-order valence-electron chi connectivity index (χ1n) is 9.54. The van der Waals surface area contributed by atoms with Crippen LogP contribution in [0.15, 0.2) is 91.4 Å². The van der Waals surface area contributed by atoms with Crippen LogP contribution in [-0.4, -0.2) is 15.9 Å². The van der Waals surface area contributed by atoms with E-state index in [2.05, 4.69) is 25.9 Å². The monoisotopic (exact) mass is 395 g/mol. The Kier molecular flexibility index (Phi) is 5.66. The minimum atomic E-state index is -0.164. The van der Waals surface area contributed by atoms with Crippen LogP contribution < -0.4 is 16.0 Å². The average Bonchev–Trinajstić information content (AvgIpc) is 2.75. The predicted octanol–water partition coefficient (Wildman–Crippen LogP) is 5.52. The van der Waals surface area contributed by atoms with Gasteiger partial charge in [0.25, 0.3) is 5.91 Å². The Balaban J connectivity index is 1.41. The first-order chi connectivity index (χ1) is 14.7. The van der Waals surface area contributed by atoms with Crippen molar-refractivity contribution in [3.8, 4) is 0 Å². The molecular formula is C24H21N5O. The van der Waals surface area contributed by atoms with Crippen molar-refractivity contribution in [2.24, 2.45) is 0 Å². The van der Waals surface area contributed by atoms with E-state index in [0.717, 1.165) is 34.1 Å². The normalized spacial score (nSPS) is 10.3. The van der Waals surface area contributed by atoms with Crippen LogP contribution in [-0.2, 0) is 0 Å². The summed E-state index contributed by atoms with van der Waals surface area (Å²) in [5.41, 5.74) is 5.91. The standard InChI is InChI=1S/C24H21N5O/c1-17-15-23(11-14-26-17)28-21-3-2-4-22(16-21)29-24(30)18-5-7-19(8-6-18)27-20-9-12-25-13-10-20/h2-16H,1H3,(H,25,27)(H,26,28)(H,29,30). The molecule has 30 heavy (non-hydrogen) atoms. The zero-order chi connectivity index (χ0) is 20.8. The first-order valence-corrected chi connectivity index (χ1v) is 9.54. The van der Waals surface area contributed by atoms with Crippen molar-refractivity contribution in [2.45, 2.75) is 6.92 Å². The second-order valence-electron chi connectivity index (χ2n) is 6.78. The second kappa shape index (κ2) is 8.87. The Labute approximate surface area is 175 Å². The van der Waals surface area contributed by atoms with Crippen molar-refractivity contribution < 1.29 is 4.79 Å². The highest BCUT2D eigenvalue weighted by Crippen LogP contribution is 2.21. The fourth-order valence-electron chi connectivity index (χ4n) is 2.97. The fourth-order valence-corrected chi connectivity index (χ4v) is 2.97. The minimum absolute atomic E-state index is 0.164. The lowest BCUT2D eigenvalue weighted by atomic mass is 10.1. The van der Waals surface area contributed by atoms with Crippen molar-refractivity contribution in [2.75, 3.05) is 16.0 Å². The molecule has 2 heterocycles. The molecule has 2 aromatic heterocycles. The Morgan fingerprint density at radius 1 is 0.700 bits per heavy atom. The molecule has 0 radical (unpaired) electrons. The van der Waals surface area contributed by atoms with Gasteiger partial charge in [-0.1, -0.05) is 6.07 Å². The van der Waals surface area contributed by atoms with E-state index < -0.39 is 0 Å². The summed E-state index contributed by atoms with van der Waals surface area (Å²) >= 11 is 0. The zero-order valence-electron chi connectivity index (χ0n) is 16.5. The van der Waals surface area contributed by atoms with Gasteiger partial charge in [0.05, 0.1) is 0 Å². The Morgan fingerprint density at radius 2 is 1.33 bits per heavy atom. The molecular weight excluding hydrogens is 374 g/mol. The van der Waals surface area contributed by atoms with Crippen molar-refractivity contribution in [1.29, 1.82) is 0 Å². The molecule has 6 nitrogen and oxygen atoms in total. The lowest BCUT2D eigenvalue weighted by Crippen LogP contribution is -2.11. The summed E-state index contributed by atoms with van der Waals surface area (Å²) in [5, 5.41) is 9.54. The Morgan fingerprint density at radius 3 is 2.10 bits per heavy atom. The van der Waals surface area contributed by atoms with Crippen LogP contribution in [0, 0.1) is 6.92 Å². The molecule has 0 aliphatic rings. The number of aryl methyl sites for hydroxylation is 1. The molecule has 0 saturated carbocycles. The van der Waals surface area contributed by atoms with Gasteiger partial charge in [0, 0.05) is 58.3 Å². The van der Waals surface area contributed by atoms with Gasteiger partial charge in [0.1, 0.15) is 0 Å². The SMILES string of the molecule is Cc1cc(Nc2cccc(NC(=O)c3ccc(Nc4ccncc4)cc3)c2)ccn1. The largest absolute Gasteiger partial charge is 0.355 e. The molecule has 0 fully saturated rings. The van der Waals surface area contributed by atoms with E-state index in [4.69, 9.17) is 0 Å². The van der Waals surface area contributed by atoms with Gasteiger partial charge in [0.2, 0.25) is 0 Å². The number of hydrogen-bond donors (Lipinski definition) is 3. The second-order valence-corrected chi connectivity index (χ2v) is 6.78. The lowest BCUT2D eigenvalue weighted by molar-refractivity contribution is 0.102. The summed E-state index contributed by atoms with van der Waals surface area (Å²) in [6, 6.07) is 22.6. The minimum Gasteiger partial charge on any atom is -0.355 e. The van der Waals surface area contributed by atoms with Crippen LogP contribution in [0.25, 0.3) is 0 Å². The molecule has 4 aromatic rings. The molecule has 0 atom stereocenters. The molecule has 0 bridgehead atoms. The summed E-state index contributed by atoms with van der Waals surface area (Å²) in [5.74, 6) is -0.164. The summed E-state index contributed by atoms with van der Waals surface area (Å²) in [4.78, 5) is 20.8. The maximum atomic E-state index is 12.6. The molecule has 0 aliphatic carbocycles. The highest BCUT2D eigenvalue weighted by Gasteiger charge is 2.07.